The van der Waals surface area contributed by atoms with Crippen molar-refractivity contribution in [3.8, 4) is 0 Å². The minimum Gasteiger partial charge on any atom is -0.390 e. The van der Waals surface area contributed by atoms with E-state index in [1.165, 1.54) is 44.1 Å². The first-order valence-corrected chi connectivity index (χ1v) is 7.82. The van der Waals surface area contributed by atoms with E-state index < -0.39 is 12.2 Å². The fourth-order valence-corrected chi connectivity index (χ4v) is 5.73. The van der Waals surface area contributed by atoms with Gasteiger partial charge in [-0.2, -0.15) is 0 Å². The number of aliphatic hydroxyl groups excluding tert-OH is 2. The Morgan fingerprint density at radius 2 is 1.72 bits per heavy atom. The van der Waals surface area contributed by atoms with Gasteiger partial charge in [-0.15, -0.1) is 0 Å². The van der Waals surface area contributed by atoms with E-state index in [2.05, 4.69) is 0 Å². The van der Waals surface area contributed by atoms with Crippen molar-refractivity contribution in [3.05, 3.63) is 11.6 Å². The lowest BCUT2D eigenvalue weighted by atomic mass is 9.50. The molecule has 2 nitrogen and oxygen atoms in total. The molecule has 0 bridgehead atoms. The van der Waals surface area contributed by atoms with Crippen molar-refractivity contribution in [1.29, 1.82) is 0 Å². The maximum absolute atomic E-state index is 10.3. The van der Waals surface area contributed by atoms with Crippen molar-refractivity contribution in [3.63, 3.8) is 0 Å². The first kappa shape index (κ1) is 11.5. The molecule has 0 aromatic rings. The lowest BCUT2D eigenvalue weighted by Crippen LogP contribution is -2.52. The van der Waals surface area contributed by atoms with Gasteiger partial charge in [-0.3, -0.25) is 0 Å². The van der Waals surface area contributed by atoms with Gasteiger partial charge in [-0.25, -0.2) is 0 Å². The monoisotopic (exact) mass is 248 g/mol. The molecule has 4 aliphatic carbocycles. The molecule has 0 aromatic heterocycles. The number of hydrogen-bond acceptors (Lipinski definition) is 2. The smallest absolute Gasteiger partial charge is 0.0985 e. The Hall–Kier alpha value is -0.340. The molecule has 0 radical (unpaired) electrons. The molecule has 4 aliphatic rings. The maximum Gasteiger partial charge on any atom is 0.0985 e. The van der Waals surface area contributed by atoms with E-state index in [1.54, 1.807) is 0 Å². The summed E-state index contributed by atoms with van der Waals surface area (Å²) in [6.45, 7) is 0. The van der Waals surface area contributed by atoms with Gasteiger partial charge in [0.05, 0.1) is 12.2 Å². The van der Waals surface area contributed by atoms with Gasteiger partial charge in [0, 0.05) is 0 Å². The summed E-state index contributed by atoms with van der Waals surface area (Å²) in [6.07, 6.45) is 10.1. The molecular weight excluding hydrogens is 224 g/mol. The number of rotatable bonds is 0. The van der Waals surface area contributed by atoms with E-state index in [0.717, 1.165) is 24.2 Å². The van der Waals surface area contributed by atoms with E-state index in [9.17, 15) is 10.2 Å². The van der Waals surface area contributed by atoms with Gasteiger partial charge in [-0.05, 0) is 55.3 Å². The Labute approximate surface area is 109 Å². The highest BCUT2D eigenvalue weighted by atomic mass is 16.3. The molecule has 0 heterocycles. The molecule has 3 saturated carbocycles. The predicted molar refractivity (Wildman–Crippen MR) is 69.9 cm³/mol. The summed E-state index contributed by atoms with van der Waals surface area (Å²) in [6, 6.07) is 0. The summed E-state index contributed by atoms with van der Waals surface area (Å²) in [5.74, 6) is 3.62. The first-order chi connectivity index (χ1) is 8.75. The highest BCUT2D eigenvalue weighted by Crippen LogP contribution is 2.58. The van der Waals surface area contributed by atoms with Crippen molar-refractivity contribution in [2.75, 3.05) is 0 Å². The second kappa shape index (κ2) is 4.08. The van der Waals surface area contributed by atoms with Crippen LogP contribution in [0.3, 0.4) is 0 Å². The number of hydrogen-bond donors (Lipinski definition) is 2. The molecule has 7 unspecified atom stereocenters. The van der Waals surface area contributed by atoms with Crippen molar-refractivity contribution in [2.24, 2.45) is 29.6 Å². The van der Waals surface area contributed by atoms with Gasteiger partial charge >= 0.3 is 0 Å². The van der Waals surface area contributed by atoms with Crippen LogP contribution in [0.15, 0.2) is 11.6 Å². The first-order valence-electron chi connectivity index (χ1n) is 7.82. The van der Waals surface area contributed by atoms with Gasteiger partial charge in [0.1, 0.15) is 0 Å². The quantitative estimate of drug-likeness (QED) is 0.647. The summed E-state index contributed by atoms with van der Waals surface area (Å²) >= 11 is 0. The van der Waals surface area contributed by atoms with E-state index in [0.29, 0.717) is 11.8 Å². The van der Waals surface area contributed by atoms with Crippen LogP contribution in [-0.2, 0) is 0 Å². The molecule has 18 heavy (non-hydrogen) atoms. The zero-order chi connectivity index (χ0) is 12.3. The van der Waals surface area contributed by atoms with Crippen molar-refractivity contribution in [2.45, 2.75) is 57.2 Å². The molecule has 0 aromatic carbocycles. The maximum atomic E-state index is 10.3. The topological polar surface area (TPSA) is 40.5 Å². The predicted octanol–water partition coefficient (Wildman–Crippen LogP) is 2.50. The molecule has 0 aliphatic heterocycles. The highest BCUT2D eigenvalue weighted by Gasteiger charge is 2.52. The molecule has 100 valence electrons. The minimum atomic E-state index is -0.599. The van der Waals surface area contributed by atoms with Crippen LogP contribution in [0.5, 0.6) is 0 Å². The van der Waals surface area contributed by atoms with E-state index in [1.807, 2.05) is 6.08 Å². The summed E-state index contributed by atoms with van der Waals surface area (Å²) < 4.78 is 0. The van der Waals surface area contributed by atoms with Crippen molar-refractivity contribution < 1.29 is 10.2 Å². The van der Waals surface area contributed by atoms with Gasteiger partial charge in [0.25, 0.3) is 0 Å². The molecule has 0 spiro atoms. The SMILES string of the molecule is OC1C=C2CCC3CCCC4CCC(C1O)C2C34. The third-order valence-electron chi connectivity index (χ3n) is 6.39. The van der Waals surface area contributed by atoms with E-state index in [4.69, 9.17) is 0 Å². The third kappa shape index (κ3) is 1.48. The fourth-order valence-electron chi connectivity index (χ4n) is 5.73. The van der Waals surface area contributed by atoms with Crippen LogP contribution in [0.1, 0.15) is 44.9 Å². The zero-order valence-corrected chi connectivity index (χ0v) is 11.0. The second-order valence-corrected chi connectivity index (χ2v) is 7.06. The normalized spacial score (nSPS) is 54.6. The van der Waals surface area contributed by atoms with Gasteiger partial charge in [0.2, 0.25) is 0 Å². The third-order valence-corrected chi connectivity index (χ3v) is 6.39. The molecule has 7 atom stereocenters. The van der Waals surface area contributed by atoms with Crippen LogP contribution in [0, 0.1) is 29.6 Å². The summed E-state index contributed by atoms with van der Waals surface area (Å²) in [4.78, 5) is 0. The lowest BCUT2D eigenvalue weighted by molar-refractivity contribution is -0.0835. The lowest BCUT2D eigenvalue weighted by Gasteiger charge is -2.56. The summed E-state index contributed by atoms with van der Waals surface area (Å²) in [5, 5.41) is 20.3. The number of allylic oxidation sites excluding steroid dienone is 1. The Balaban J connectivity index is 1.74. The Bertz CT molecular complexity index is 369. The van der Waals surface area contributed by atoms with Gasteiger partial charge < -0.3 is 10.2 Å². The van der Waals surface area contributed by atoms with E-state index in [-0.39, 0.29) is 0 Å². The Morgan fingerprint density at radius 3 is 2.56 bits per heavy atom. The zero-order valence-electron chi connectivity index (χ0n) is 11.0. The average Bonchev–Trinajstić information content (AvgIpc) is 2.40. The number of aliphatic hydroxyl groups is 2. The highest BCUT2D eigenvalue weighted by molar-refractivity contribution is 5.23. The van der Waals surface area contributed by atoms with Crippen LogP contribution < -0.4 is 0 Å². The Morgan fingerprint density at radius 1 is 0.944 bits per heavy atom. The van der Waals surface area contributed by atoms with Crippen LogP contribution in [-0.4, -0.2) is 22.4 Å². The van der Waals surface area contributed by atoms with Gasteiger partial charge in [0.15, 0.2) is 0 Å². The van der Waals surface area contributed by atoms with Crippen LogP contribution in [0.4, 0.5) is 0 Å². The molecule has 2 heteroatoms. The molecule has 0 amide bonds. The van der Waals surface area contributed by atoms with Crippen molar-refractivity contribution in [1.82, 2.24) is 0 Å². The minimum absolute atomic E-state index is 0.349. The molecule has 4 rings (SSSR count). The summed E-state index contributed by atoms with van der Waals surface area (Å²) in [5.41, 5.74) is 1.49. The largest absolute Gasteiger partial charge is 0.390 e. The molecule has 0 saturated heterocycles. The van der Waals surface area contributed by atoms with Crippen LogP contribution in [0.2, 0.25) is 0 Å². The fraction of sp³-hybridized carbons (Fsp3) is 0.875. The van der Waals surface area contributed by atoms with Crippen molar-refractivity contribution >= 4 is 0 Å². The Kier molecular flexibility index (Phi) is 2.60. The van der Waals surface area contributed by atoms with E-state index >= 15 is 0 Å². The van der Waals surface area contributed by atoms with Crippen LogP contribution >= 0.6 is 0 Å². The second-order valence-electron chi connectivity index (χ2n) is 7.06. The molecular formula is C16H24O2. The standard InChI is InChI=1S/C16H24O2/c17-13-8-11-5-4-9-2-1-3-10-6-7-12(16(13)18)15(11)14(9)10/h8-10,12-18H,1-7H2. The average molecular weight is 248 g/mol. The summed E-state index contributed by atoms with van der Waals surface area (Å²) in [7, 11) is 0. The molecule has 3 fully saturated rings. The van der Waals surface area contributed by atoms with Crippen LogP contribution in [0.25, 0.3) is 0 Å². The molecule has 2 N–H and O–H groups in total. The van der Waals surface area contributed by atoms with Gasteiger partial charge in [-0.1, -0.05) is 30.9 Å².